The van der Waals surface area contributed by atoms with Crippen LogP contribution < -0.4 is 21.7 Å². The number of carboxylic acids is 1. The number of nitrogens with one attached hydrogen (secondary N) is 4. The maximum atomic E-state index is 13.2. The third kappa shape index (κ3) is 8.06. The van der Waals surface area contributed by atoms with E-state index in [1.165, 1.54) is 6.92 Å². The zero-order valence-corrected chi connectivity index (χ0v) is 22.2. The highest BCUT2D eigenvalue weighted by Crippen LogP contribution is 2.19. The Hall–Kier alpha value is -3.87. The van der Waals surface area contributed by atoms with E-state index in [0.717, 1.165) is 16.5 Å². The quantitative estimate of drug-likeness (QED) is 0.138. The highest BCUT2D eigenvalue weighted by molar-refractivity contribution is 7.80. The van der Waals surface area contributed by atoms with Gasteiger partial charge >= 0.3 is 5.97 Å². The molecule has 0 bridgehead atoms. The van der Waals surface area contributed by atoms with E-state index in [1.807, 2.05) is 54.6 Å². The zero-order chi connectivity index (χ0) is 28.5. The first-order chi connectivity index (χ1) is 18.6. The molecule has 0 aliphatic rings. The van der Waals surface area contributed by atoms with Crippen LogP contribution in [0.25, 0.3) is 10.9 Å². The molecular formula is C27H33N5O6S. The van der Waals surface area contributed by atoms with Crippen molar-refractivity contribution in [3.05, 3.63) is 71.9 Å². The lowest BCUT2D eigenvalue weighted by atomic mass is 10.0. The summed E-state index contributed by atoms with van der Waals surface area (Å²) in [5, 5.41) is 27.5. The van der Waals surface area contributed by atoms with Gasteiger partial charge in [0, 0.05) is 29.3 Å². The number of fused-ring (bicyclic) bond motifs is 1. The van der Waals surface area contributed by atoms with Gasteiger partial charge in [0.2, 0.25) is 17.7 Å². The lowest BCUT2D eigenvalue weighted by Crippen LogP contribution is -2.59. The standard InChI is InChI=1S/C27H33N5O6S/c1-15(33)23(27(37)38)32-25(35)21(12-17-13-29-20-10-6-5-9-18(17)20)30-26(36)22(14-39)31-24(34)19(28)11-16-7-3-2-4-8-16/h2-10,13,15,19,21-23,29,33,39H,11-12,14,28H2,1H3,(H,30,36)(H,31,34)(H,32,35)(H,37,38). The number of hydrogen-bond donors (Lipinski definition) is 8. The molecule has 3 amide bonds. The first kappa shape index (κ1) is 29.7. The average Bonchev–Trinajstić information content (AvgIpc) is 3.32. The van der Waals surface area contributed by atoms with Crippen LogP contribution in [0.5, 0.6) is 0 Å². The van der Waals surface area contributed by atoms with Crippen LogP contribution in [0.1, 0.15) is 18.1 Å². The van der Waals surface area contributed by atoms with Gasteiger partial charge in [-0.3, -0.25) is 14.4 Å². The Labute approximate surface area is 231 Å². The number of aromatic nitrogens is 1. The van der Waals surface area contributed by atoms with E-state index in [4.69, 9.17) is 5.73 Å². The SMILES string of the molecule is CC(O)C(NC(=O)C(Cc1c[nH]c2ccccc12)NC(=O)C(CS)NC(=O)C(N)Cc1ccccc1)C(=O)O. The number of thiol groups is 1. The molecular weight excluding hydrogens is 522 g/mol. The molecule has 0 radical (unpaired) electrons. The summed E-state index contributed by atoms with van der Waals surface area (Å²) < 4.78 is 0. The summed E-state index contributed by atoms with van der Waals surface area (Å²) in [5.41, 5.74) is 8.41. The normalized spacial score (nSPS) is 15.0. The van der Waals surface area contributed by atoms with E-state index < -0.39 is 54.0 Å². The molecule has 0 saturated heterocycles. The Morgan fingerprint density at radius 1 is 0.897 bits per heavy atom. The predicted molar refractivity (Wildman–Crippen MR) is 149 cm³/mol. The fraction of sp³-hybridized carbons (Fsp3) is 0.333. The van der Waals surface area contributed by atoms with Gasteiger partial charge in [-0.1, -0.05) is 48.5 Å². The Balaban J connectivity index is 1.76. The van der Waals surface area contributed by atoms with Crippen molar-refractivity contribution in [3.63, 3.8) is 0 Å². The minimum atomic E-state index is -1.59. The van der Waals surface area contributed by atoms with E-state index in [0.29, 0.717) is 5.56 Å². The van der Waals surface area contributed by atoms with Crippen LogP contribution in [0.4, 0.5) is 0 Å². The second-order valence-electron chi connectivity index (χ2n) is 9.23. The van der Waals surface area contributed by atoms with Crippen molar-refractivity contribution < 1.29 is 29.4 Å². The number of aromatic amines is 1. The minimum absolute atomic E-state index is 0.00843. The number of benzene rings is 2. The number of carbonyl (C=O) groups excluding carboxylic acids is 3. The molecule has 2 aromatic carbocycles. The van der Waals surface area contributed by atoms with Crippen molar-refractivity contribution in [2.24, 2.45) is 5.73 Å². The lowest BCUT2D eigenvalue weighted by Gasteiger charge is -2.25. The molecule has 5 unspecified atom stereocenters. The summed E-state index contributed by atoms with van der Waals surface area (Å²) in [6, 6.07) is 11.7. The summed E-state index contributed by atoms with van der Waals surface area (Å²) >= 11 is 4.19. The van der Waals surface area contributed by atoms with Crippen LogP contribution >= 0.6 is 12.6 Å². The van der Waals surface area contributed by atoms with E-state index in [9.17, 15) is 29.4 Å². The van der Waals surface area contributed by atoms with Crippen molar-refractivity contribution >= 4 is 47.2 Å². The van der Waals surface area contributed by atoms with Crippen molar-refractivity contribution in [3.8, 4) is 0 Å². The number of aliphatic hydroxyl groups excluding tert-OH is 1. The number of hydrogen-bond acceptors (Lipinski definition) is 7. The molecule has 11 nitrogen and oxygen atoms in total. The maximum Gasteiger partial charge on any atom is 0.328 e. The molecule has 3 rings (SSSR count). The number of carbonyl (C=O) groups is 4. The predicted octanol–water partition coefficient (Wildman–Crippen LogP) is 0.130. The van der Waals surface area contributed by atoms with Gasteiger partial charge < -0.3 is 36.9 Å². The number of rotatable bonds is 13. The topological polar surface area (TPSA) is 187 Å². The smallest absolute Gasteiger partial charge is 0.328 e. The third-order valence-electron chi connectivity index (χ3n) is 6.23. The van der Waals surface area contributed by atoms with Crippen LogP contribution in [0.3, 0.4) is 0 Å². The minimum Gasteiger partial charge on any atom is -0.480 e. The van der Waals surface area contributed by atoms with E-state index in [2.05, 4.69) is 33.6 Å². The number of nitrogens with two attached hydrogens (primary N) is 1. The van der Waals surface area contributed by atoms with Gasteiger partial charge in [-0.2, -0.15) is 12.6 Å². The van der Waals surface area contributed by atoms with Gasteiger partial charge in [-0.25, -0.2) is 4.79 Å². The molecule has 0 saturated carbocycles. The van der Waals surface area contributed by atoms with Crippen LogP contribution in [-0.2, 0) is 32.0 Å². The Morgan fingerprint density at radius 2 is 1.51 bits per heavy atom. The first-order valence-electron chi connectivity index (χ1n) is 12.4. The molecule has 208 valence electrons. The Bertz CT molecular complexity index is 1300. The van der Waals surface area contributed by atoms with E-state index >= 15 is 0 Å². The van der Waals surface area contributed by atoms with Crippen LogP contribution in [0.2, 0.25) is 0 Å². The molecule has 0 aliphatic carbocycles. The number of amides is 3. The molecule has 3 aromatic rings. The lowest BCUT2D eigenvalue weighted by molar-refractivity contribution is -0.145. The highest BCUT2D eigenvalue weighted by atomic mass is 32.1. The number of aliphatic carboxylic acids is 1. The van der Waals surface area contributed by atoms with Gasteiger partial charge in [-0.05, 0) is 30.5 Å². The highest BCUT2D eigenvalue weighted by Gasteiger charge is 2.32. The van der Waals surface area contributed by atoms with Gasteiger partial charge in [0.15, 0.2) is 6.04 Å². The Morgan fingerprint density at radius 3 is 2.15 bits per heavy atom. The second-order valence-corrected chi connectivity index (χ2v) is 9.60. The maximum absolute atomic E-state index is 13.2. The van der Waals surface area contributed by atoms with Crippen molar-refractivity contribution in [1.82, 2.24) is 20.9 Å². The van der Waals surface area contributed by atoms with Gasteiger partial charge in [0.05, 0.1) is 12.1 Å². The van der Waals surface area contributed by atoms with Crippen LogP contribution in [-0.4, -0.2) is 74.9 Å². The fourth-order valence-corrected chi connectivity index (χ4v) is 4.34. The first-order valence-corrected chi connectivity index (χ1v) is 13.0. The number of carboxylic acid groups (broad SMARTS) is 1. The average molecular weight is 556 g/mol. The molecule has 39 heavy (non-hydrogen) atoms. The number of para-hydroxylation sites is 1. The summed E-state index contributed by atoms with van der Waals surface area (Å²) in [6.45, 7) is 1.23. The Kier molecular flexibility index (Phi) is 10.5. The van der Waals surface area contributed by atoms with E-state index in [-0.39, 0.29) is 18.6 Å². The van der Waals surface area contributed by atoms with Crippen molar-refractivity contribution in [2.45, 2.75) is 50.0 Å². The fourth-order valence-electron chi connectivity index (χ4n) is 4.08. The molecule has 0 spiro atoms. The molecule has 12 heteroatoms. The summed E-state index contributed by atoms with van der Waals surface area (Å²) in [5.74, 6) is -3.59. The molecule has 1 aromatic heterocycles. The summed E-state index contributed by atoms with van der Waals surface area (Å²) in [4.78, 5) is 53.7. The van der Waals surface area contributed by atoms with Gasteiger partial charge in [0.1, 0.15) is 12.1 Å². The number of H-pyrrole nitrogens is 1. The second kappa shape index (κ2) is 13.8. The summed E-state index contributed by atoms with van der Waals surface area (Å²) in [7, 11) is 0. The van der Waals surface area contributed by atoms with Crippen LogP contribution in [0, 0.1) is 0 Å². The summed E-state index contributed by atoms with van der Waals surface area (Å²) in [6.07, 6.45) is 0.580. The molecule has 1 heterocycles. The monoisotopic (exact) mass is 555 g/mol. The van der Waals surface area contributed by atoms with Gasteiger partial charge in [-0.15, -0.1) is 0 Å². The zero-order valence-electron chi connectivity index (χ0n) is 21.3. The number of aliphatic hydroxyl groups is 1. The molecule has 0 aliphatic heterocycles. The molecule has 8 N–H and O–H groups in total. The van der Waals surface area contributed by atoms with Crippen LogP contribution in [0.15, 0.2) is 60.8 Å². The van der Waals surface area contributed by atoms with Gasteiger partial charge in [0.25, 0.3) is 0 Å². The largest absolute Gasteiger partial charge is 0.480 e. The van der Waals surface area contributed by atoms with E-state index in [1.54, 1.807) is 6.20 Å². The molecule has 5 atom stereocenters. The van der Waals surface area contributed by atoms with Crippen molar-refractivity contribution in [1.29, 1.82) is 0 Å². The third-order valence-corrected chi connectivity index (χ3v) is 6.59. The van der Waals surface area contributed by atoms with Crippen molar-refractivity contribution in [2.75, 3.05) is 5.75 Å². The molecule has 0 fully saturated rings.